The van der Waals surface area contributed by atoms with Gasteiger partial charge in [0.25, 0.3) is 0 Å². The molecule has 0 aliphatic heterocycles. The van der Waals surface area contributed by atoms with E-state index in [0.29, 0.717) is 39.2 Å². The number of carbonyl (C=O) groups is 1. The van der Waals surface area contributed by atoms with Gasteiger partial charge in [0.05, 0.1) is 18.1 Å². The van der Waals surface area contributed by atoms with E-state index in [1.54, 1.807) is 19.2 Å². The molecule has 0 spiro atoms. The zero-order valence-electron chi connectivity index (χ0n) is 19.0. The monoisotopic (exact) mass is 516 g/mol. The van der Waals surface area contributed by atoms with Gasteiger partial charge < -0.3 is 9.67 Å². The first kappa shape index (κ1) is 24.2. The fourth-order valence-electron chi connectivity index (χ4n) is 4.09. The molecule has 36 heavy (non-hydrogen) atoms. The van der Waals surface area contributed by atoms with Crippen molar-refractivity contribution in [2.45, 2.75) is 49.3 Å². The van der Waals surface area contributed by atoms with Gasteiger partial charge in [-0.3, -0.25) is 9.78 Å². The Balaban J connectivity index is 1.48. The van der Waals surface area contributed by atoms with Crippen LogP contribution in [-0.4, -0.2) is 30.6 Å². The van der Waals surface area contributed by atoms with Gasteiger partial charge in [-0.15, -0.1) is 0 Å². The van der Waals surface area contributed by atoms with Crippen LogP contribution in [0.5, 0.6) is 0 Å². The Morgan fingerprint density at radius 3 is 2.61 bits per heavy atom. The predicted molar refractivity (Wildman–Crippen MR) is 126 cm³/mol. The highest BCUT2D eigenvalue weighted by atomic mass is 32.2. The maximum absolute atomic E-state index is 13.9. The van der Waals surface area contributed by atoms with Crippen LogP contribution in [0.3, 0.4) is 0 Å². The second-order valence-corrected chi connectivity index (χ2v) is 9.68. The van der Waals surface area contributed by atoms with E-state index in [0.717, 1.165) is 30.0 Å². The van der Waals surface area contributed by atoms with Crippen molar-refractivity contribution in [1.29, 1.82) is 0 Å². The van der Waals surface area contributed by atoms with Gasteiger partial charge in [0.1, 0.15) is 17.0 Å². The van der Waals surface area contributed by atoms with E-state index in [1.807, 2.05) is 6.20 Å². The second kappa shape index (κ2) is 9.20. The van der Waals surface area contributed by atoms with Crippen molar-refractivity contribution in [2.75, 3.05) is 0 Å². The van der Waals surface area contributed by atoms with Gasteiger partial charge >= 0.3 is 12.1 Å². The number of rotatable bonds is 7. The minimum atomic E-state index is -4.53. The number of hydrogen-bond donors (Lipinski definition) is 1. The lowest BCUT2D eigenvalue weighted by Gasteiger charge is -2.09. The van der Waals surface area contributed by atoms with Crippen LogP contribution in [-0.2, 0) is 23.1 Å². The lowest BCUT2D eigenvalue weighted by atomic mass is 10.0. The molecule has 0 atom stereocenters. The van der Waals surface area contributed by atoms with Gasteiger partial charge in [0.2, 0.25) is 0 Å². The third-order valence-electron chi connectivity index (χ3n) is 6.00. The van der Waals surface area contributed by atoms with E-state index in [2.05, 4.69) is 14.5 Å². The molecule has 3 aromatic heterocycles. The van der Waals surface area contributed by atoms with Gasteiger partial charge in [-0.1, -0.05) is 23.9 Å². The van der Waals surface area contributed by atoms with Crippen molar-refractivity contribution in [1.82, 2.24) is 19.5 Å². The zero-order valence-corrected chi connectivity index (χ0v) is 19.8. The molecule has 1 N–H and O–H groups in total. The summed E-state index contributed by atoms with van der Waals surface area (Å²) in [7, 11) is 0. The van der Waals surface area contributed by atoms with E-state index in [4.69, 9.17) is 10.1 Å². The fourth-order valence-corrected chi connectivity index (χ4v) is 4.85. The molecule has 5 rings (SSSR count). The van der Waals surface area contributed by atoms with Crippen LogP contribution < -0.4 is 0 Å². The summed E-state index contributed by atoms with van der Waals surface area (Å²) in [5.41, 5.74) is 2.99. The molecule has 0 saturated heterocycles. The second-order valence-electron chi connectivity index (χ2n) is 8.73. The highest BCUT2D eigenvalue weighted by molar-refractivity contribution is 7.98. The summed E-state index contributed by atoms with van der Waals surface area (Å²) in [6.45, 7) is 1.62. The van der Waals surface area contributed by atoms with Gasteiger partial charge in [0, 0.05) is 35.3 Å². The van der Waals surface area contributed by atoms with E-state index < -0.39 is 30.1 Å². The number of thioether (sulfide) groups is 1. The quantitative estimate of drug-likeness (QED) is 0.179. The number of benzene rings is 1. The SMILES string of the molecule is Cc1cc(C(F)(F)F)ncc1-c1cn(C2CC2)c2cnc(SCc3ccc(F)c(CC(=O)O)c3)nc12. The van der Waals surface area contributed by atoms with E-state index in [1.165, 1.54) is 30.1 Å². The number of aryl methyl sites for hydroxylation is 1. The molecule has 0 amide bonds. The molecule has 3 heterocycles. The third-order valence-corrected chi connectivity index (χ3v) is 6.93. The average molecular weight is 517 g/mol. The highest BCUT2D eigenvalue weighted by Gasteiger charge is 2.33. The molecule has 1 aliphatic rings. The molecule has 0 radical (unpaired) electrons. The summed E-state index contributed by atoms with van der Waals surface area (Å²) in [6, 6.07) is 5.68. The topological polar surface area (TPSA) is 80.9 Å². The maximum Gasteiger partial charge on any atom is 0.433 e. The predicted octanol–water partition coefficient (Wildman–Crippen LogP) is 6.21. The Bertz CT molecular complexity index is 1480. The Hall–Kier alpha value is -3.47. The third kappa shape index (κ3) is 4.92. The number of pyridine rings is 1. The molecule has 0 bridgehead atoms. The van der Waals surface area contributed by atoms with Crippen molar-refractivity contribution in [3.8, 4) is 11.1 Å². The van der Waals surface area contributed by atoms with Crippen LogP contribution in [0.1, 0.15) is 41.3 Å². The van der Waals surface area contributed by atoms with Crippen LogP contribution >= 0.6 is 11.8 Å². The summed E-state index contributed by atoms with van der Waals surface area (Å²) in [5, 5.41) is 9.42. The molecule has 11 heteroatoms. The van der Waals surface area contributed by atoms with Gasteiger partial charge in [-0.25, -0.2) is 14.4 Å². The van der Waals surface area contributed by atoms with Gasteiger partial charge in [0.15, 0.2) is 5.16 Å². The minimum absolute atomic E-state index is 0.103. The Morgan fingerprint density at radius 1 is 1.17 bits per heavy atom. The summed E-state index contributed by atoms with van der Waals surface area (Å²) >= 11 is 1.30. The first-order chi connectivity index (χ1) is 17.1. The molecule has 6 nitrogen and oxygen atoms in total. The lowest BCUT2D eigenvalue weighted by Crippen LogP contribution is -2.08. The molecule has 0 unspecified atom stereocenters. The normalized spacial score (nSPS) is 13.9. The van der Waals surface area contributed by atoms with Crippen LogP contribution in [0.2, 0.25) is 0 Å². The van der Waals surface area contributed by atoms with Crippen LogP contribution in [0.4, 0.5) is 17.6 Å². The van der Waals surface area contributed by atoms with E-state index >= 15 is 0 Å². The number of fused-ring (bicyclic) bond motifs is 1. The molecular weight excluding hydrogens is 496 g/mol. The smallest absolute Gasteiger partial charge is 0.433 e. The number of aromatic nitrogens is 4. The number of halogens is 4. The van der Waals surface area contributed by atoms with E-state index in [9.17, 15) is 22.4 Å². The van der Waals surface area contributed by atoms with Gasteiger partial charge in [-0.2, -0.15) is 13.2 Å². The fraction of sp³-hybridized carbons (Fsp3) is 0.280. The Morgan fingerprint density at radius 2 is 1.94 bits per heavy atom. The number of carboxylic acid groups (broad SMARTS) is 1. The molecule has 1 aromatic carbocycles. The minimum Gasteiger partial charge on any atom is -0.481 e. The summed E-state index contributed by atoms with van der Waals surface area (Å²) in [6.07, 6.45) is 1.93. The van der Waals surface area contributed by atoms with Crippen LogP contribution in [0.25, 0.3) is 22.2 Å². The molecule has 1 fully saturated rings. The number of aliphatic carboxylic acids is 1. The first-order valence-corrected chi connectivity index (χ1v) is 12.1. The van der Waals surface area contributed by atoms with Crippen molar-refractivity contribution in [3.05, 3.63) is 71.1 Å². The summed E-state index contributed by atoms with van der Waals surface area (Å²) in [4.78, 5) is 23.8. The zero-order chi connectivity index (χ0) is 25.6. The molecule has 186 valence electrons. The van der Waals surface area contributed by atoms with Crippen molar-refractivity contribution in [3.63, 3.8) is 0 Å². The molecule has 1 aliphatic carbocycles. The van der Waals surface area contributed by atoms with Crippen molar-refractivity contribution >= 4 is 28.8 Å². The standard InChI is InChI=1S/C25H20F4N4O2S/c1-13-6-21(25(27,28)29)30-9-17(13)18-11-33(16-3-4-16)20-10-31-24(32-23(18)20)36-12-14-2-5-19(26)15(7-14)8-22(34)35/h2,5-7,9-11,16H,3-4,8,12H2,1H3,(H,34,35). The van der Waals surface area contributed by atoms with Gasteiger partial charge in [-0.05, 0) is 48.6 Å². The van der Waals surface area contributed by atoms with Crippen LogP contribution in [0.15, 0.2) is 48.0 Å². The number of carboxylic acids is 1. The first-order valence-electron chi connectivity index (χ1n) is 11.1. The van der Waals surface area contributed by atoms with Crippen molar-refractivity contribution in [2.24, 2.45) is 0 Å². The molecule has 1 saturated carbocycles. The van der Waals surface area contributed by atoms with Crippen LogP contribution in [0, 0.1) is 12.7 Å². The van der Waals surface area contributed by atoms with E-state index in [-0.39, 0.29) is 5.56 Å². The lowest BCUT2D eigenvalue weighted by molar-refractivity contribution is -0.141. The number of nitrogens with zero attached hydrogens (tertiary/aromatic N) is 4. The Labute approximate surface area is 207 Å². The number of hydrogen-bond acceptors (Lipinski definition) is 5. The largest absolute Gasteiger partial charge is 0.481 e. The summed E-state index contributed by atoms with van der Waals surface area (Å²) in [5.74, 6) is -1.30. The highest BCUT2D eigenvalue weighted by Crippen LogP contribution is 2.42. The molecule has 4 aromatic rings. The van der Waals surface area contributed by atoms with Crippen molar-refractivity contribution < 1.29 is 27.5 Å². The summed E-state index contributed by atoms with van der Waals surface area (Å²) < 4.78 is 55.3. The average Bonchev–Trinajstić information content (AvgIpc) is 3.59. The molecular formula is C25H20F4N4O2S. The Kier molecular flexibility index (Phi) is 6.19. The number of alkyl halides is 3. The maximum atomic E-state index is 13.9.